The molecular formula is C11H26N2O3. The Labute approximate surface area is 98.9 Å². The van der Waals surface area contributed by atoms with Gasteiger partial charge in [0.05, 0.1) is 13.2 Å². The largest absolute Gasteiger partial charge is 0.388 e. The number of nitrogens with zero attached hydrogens (tertiary/aromatic N) is 2. The summed E-state index contributed by atoms with van der Waals surface area (Å²) in [4.78, 5) is 4.05. The first-order chi connectivity index (χ1) is 7.43. The number of rotatable bonds is 9. The first-order valence-electron chi connectivity index (χ1n) is 5.64. The monoisotopic (exact) mass is 234 g/mol. The zero-order chi connectivity index (χ0) is 12.6. The number of hydrogen-bond donors (Lipinski definition) is 1. The second kappa shape index (κ2) is 8.90. The third kappa shape index (κ3) is 9.06. The number of hydrogen-bond acceptors (Lipinski definition) is 5. The molecule has 0 amide bonds. The second-order valence-electron chi connectivity index (χ2n) is 4.46. The third-order valence-corrected chi connectivity index (χ3v) is 2.04. The van der Waals surface area contributed by atoms with Crippen LogP contribution in [0.4, 0.5) is 0 Å². The van der Waals surface area contributed by atoms with E-state index in [-0.39, 0.29) is 0 Å². The van der Waals surface area contributed by atoms with E-state index in [9.17, 15) is 5.11 Å². The zero-order valence-electron chi connectivity index (χ0n) is 11.1. The normalized spacial score (nSPS) is 14.1. The summed E-state index contributed by atoms with van der Waals surface area (Å²) in [7, 11) is 7.92. The van der Waals surface area contributed by atoms with Crippen molar-refractivity contribution in [3.8, 4) is 0 Å². The molecule has 0 spiro atoms. The van der Waals surface area contributed by atoms with Gasteiger partial charge in [0.2, 0.25) is 0 Å². The molecule has 0 aliphatic heterocycles. The van der Waals surface area contributed by atoms with Crippen molar-refractivity contribution >= 4 is 0 Å². The molecule has 0 aliphatic rings. The maximum Gasteiger partial charge on any atom is 0.183 e. The first-order valence-corrected chi connectivity index (χ1v) is 5.64. The van der Waals surface area contributed by atoms with Crippen LogP contribution in [-0.2, 0) is 9.47 Å². The average molecular weight is 234 g/mol. The van der Waals surface area contributed by atoms with Crippen LogP contribution in [0.5, 0.6) is 0 Å². The van der Waals surface area contributed by atoms with Crippen molar-refractivity contribution in [3.63, 3.8) is 0 Å². The fourth-order valence-corrected chi connectivity index (χ4v) is 1.03. The smallest absolute Gasteiger partial charge is 0.183 e. The maximum absolute atomic E-state index is 9.47. The van der Waals surface area contributed by atoms with Crippen LogP contribution in [0.15, 0.2) is 0 Å². The third-order valence-electron chi connectivity index (χ3n) is 2.04. The quantitative estimate of drug-likeness (QED) is 0.562. The van der Waals surface area contributed by atoms with Crippen molar-refractivity contribution in [2.24, 2.45) is 0 Å². The molecule has 1 unspecified atom stereocenters. The molecule has 0 bridgehead atoms. The molecule has 0 aromatic carbocycles. The minimum Gasteiger partial charge on any atom is -0.388 e. The topological polar surface area (TPSA) is 45.2 Å². The number of aliphatic hydroxyl groups excluding tert-OH is 1. The molecule has 0 aliphatic carbocycles. The van der Waals surface area contributed by atoms with Gasteiger partial charge >= 0.3 is 0 Å². The summed E-state index contributed by atoms with van der Waals surface area (Å²) >= 11 is 0. The average Bonchev–Trinajstić information content (AvgIpc) is 2.14. The Morgan fingerprint density at radius 1 is 0.938 bits per heavy atom. The molecule has 0 aromatic rings. The summed E-state index contributed by atoms with van der Waals surface area (Å²) < 4.78 is 10.9. The van der Waals surface area contributed by atoms with E-state index in [1.54, 1.807) is 6.92 Å². The van der Waals surface area contributed by atoms with Crippen LogP contribution in [0.1, 0.15) is 6.92 Å². The molecule has 0 aromatic heterocycles. The Hall–Kier alpha value is -0.200. The molecule has 0 saturated carbocycles. The molecule has 0 rings (SSSR count). The highest BCUT2D eigenvalue weighted by molar-refractivity contribution is 4.55. The first kappa shape index (κ1) is 15.8. The molecule has 0 fully saturated rings. The lowest BCUT2D eigenvalue weighted by atomic mass is 10.4. The van der Waals surface area contributed by atoms with Gasteiger partial charge < -0.3 is 24.4 Å². The number of aliphatic hydroxyl groups is 1. The van der Waals surface area contributed by atoms with E-state index in [0.717, 1.165) is 13.1 Å². The van der Waals surface area contributed by atoms with E-state index in [0.29, 0.717) is 13.2 Å². The lowest BCUT2D eigenvalue weighted by Gasteiger charge is -2.22. The van der Waals surface area contributed by atoms with Crippen LogP contribution in [0.3, 0.4) is 0 Å². The number of ether oxygens (including phenoxy) is 2. The van der Waals surface area contributed by atoms with E-state index < -0.39 is 12.4 Å². The minimum absolute atomic E-state index is 0.528. The van der Waals surface area contributed by atoms with Gasteiger partial charge in [-0.25, -0.2) is 0 Å². The highest BCUT2D eigenvalue weighted by atomic mass is 16.7. The van der Waals surface area contributed by atoms with E-state index in [4.69, 9.17) is 9.47 Å². The van der Waals surface area contributed by atoms with Crippen LogP contribution in [0, 0.1) is 0 Å². The van der Waals surface area contributed by atoms with Gasteiger partial charge in [-0.3, -0.25) is 0 Å². The van der Waals surface area contributed by atoms with Crippen LogP contribution in [0.25, 0.3) is 0 Å². The van der Waals surface area contributed by atoms with Gasteiger partial charge in [-0.2, -0.15) is 0 Å². The number of likely N-dealkylation sites (N-methyl/N-ethyl adjacent to an activating group) is 2. The van der Waals surface area contributed by atoms with Crippen molar-refractivity contribution in [3.05, 3.63) is 0 Å². The predicted molar refractivity (Wildman–Crippen MR) is 64.5 cm³/mol. The van der Waals surface area contributed by atoms with Crippen LogP contribution in [-0.4, -0.2) is 81.8 Å². The summed E-state index contributed by atoms with van der Waals surface area (Å²) in [6.07, 6.45) is -1.13. The zero-order valence-corrected chi connectivity index (χ0v) is 11.1. The SMILES string of the molecule is CC(O)C(OCCN(C)C)OCCN(C)C. The molecular weight excluding hydrogens is 208 g/mol. The Balaban J connectivity index is 3.71. The standard InChI is InChI=1S/C11H26N2O3/c1-10(14)11(15-8-6-12(2)3)16-9-7-13(4)5/h10-11,14H,6-9H2,1-5H3. The summed E-state index contributed by atoms with van der Waals surface area (Å²) in [5, 5.41) is 9.47. The molecule has 0 saturated heterocycles. The van der Waals surface area contributed by atoms with Gasteiger partial charge in [-0.05, 0) is 35.1 Å². The van der Waals surface area contributed by atoms with Crippen molar-refractivity contribution < 1.29 is 14.6 Å². The summed E-state index contributed by atoms with van der Waals surface area (Å²) in [5.41, 5.74) is 0. The van der Waals surface area contributed by atoms with Gasteiger partial charge in [0, 0.05) is 13.1 Å². The van der Waals surface area contributed by atoms with E-state index in [2.05, 4.69) is 0 Å². The fraction of sp³-hybridized carbons (Fsp3) is 1.00. The van der Waals surface area contributed by atoms with Gasteiger partial charge in [0.1, 0.15) is 6.10 Å². The summed E-state index contributed by atoms with van der Waals surface area (Å²) in [6.45, 7) is 4.44. The van der Waals surface area contributed by atoms with E-state index in [1.165, 1.54) is 0 Å². The Morgan fingerprint density at radius 3 is 1.56 bits per heavy atom. The molecule has 1 N–H and O–H groups in total. The van der Waals surface area contributed by atoms with Crippen molar-refractivity contribution in [1.82, 2.24) is 9.80 Å². The molecule has 5 nitrogen and oxygen atoms in total. The van der Waals surface area contributed by atoms with Gasteiger partial charge in [-0.15, -0.1) is 0 Å². The molecule has 1 atom stereocenters. The van der Waals surface area contributed by atoms with Crippen molar-refractivity contribution in [2.45, 2.75) is 19.3 Å². The van der Waals surface area contributed by atoms with Crippen LogP contribution >= 0.6 is 0 Å². The van der Waals surface area contributed by atoms with Crippen molar-refractivity contribution in [1.29, 1.82) is 0 Å². The molecule has 16 heavy (non-hydrogen) atoms. The molecule has 0 radical (unpaired) electrons. The second-order valence-corrected chi connectivity index (χ2v) is 4.46. The molecule has 98 valence electrons. The lowest BCUT2D eigenvalue weighted by molar-refractivity contribution is -0.191. The van der Waals surface area contributed by atoms with Crippen LogP contribution < -0.4 is 0 Å². The van der Waals surface area contributed by atoms with Gasteiger partial charge in [0.15, 0.2) is 6.29 Å². The fourth-order valence-electron chi connectivity index (χ4n) is 1.03. The maximum atomic E-state index is 9.47. The molecule has 5 heteroatoms. The predicted octanol–water partition coefficient (Wildman–Crippen LogP) is -0.150. The van der Waals surface area contributed by atoms with Gasteiger partial charge in [-0.1, -0.05) is 0 Å². The van der Waals surface area contributed by atoms with Crippen LogP contribution in [0.2, 0.25) is 0 Å². The Morgan fingerprint density at radius 2 is 1.31 bits per heavy atom. The summed E-state index contributed by atoms with van der Waals surface area (Å²) in [5.74, 6) is 0. The van der Waals surface area contributed by atoms with E-state index in [1.807, 2.05) is 38.0 Å². The summed E-state index contributed by atoms with van der Waals surface area (Å²) in [6, 6.07) is 0. The molecule has 0 heterocycles. The Bertz CT molecular complexity index is 149. The van der Waals surface area contributed by atoms with E-state index >= 15 is 0 Å². The Kier molecular flexibility index (Phi) is 8.78. The van der Waals surface area contributed by atoms with Crippen molar-refractivity contribution in [2.75, 3.05) is 54.5 Å². The lowest BCUT2D eigenvalue weighted by Crippen LogP contribution is -2.34. The van der Waals surface area contributed by atoms with Gasteiger partial charge in [0.25, 0.3) is 0 Å². The highest BCUT2D eigenvalue weighted by Gasteiger charge is 2.15. The minimum atomic E-state index is -0.607. The highest BCUT2D eigenvalue weighted by Crippen LogP contribution is 2.01.